The maximum atomic E-state index is 11.3. The van der Waals surface area contributed by atoms with Crippen LogP contribution in [0.25, 0.3) is 0 Å². The summed E-state index contributed by atoms with van der Waals surface area (Å²) in [5.74, 6) is -0.191. The van der Waals surface area contributed by atoms with Gasteiger partial charge in [-0.05, 0) is 36.5 Å². The number of aryl methyl sites for hydroxylation is 1. The van der Waals surface area contributed by atoms with Gasteiger partial charge in [-0.1, -0.05) is 18.6 Å². The van der Waals surface area contributed by atoms with Gasteiger partial charge in [-0.15, -0.1) is 0 Å². The third kappa shape index (κ3) is 3.81. The van der Waals surface area contributed by atoms with E-state index in [0.717, 1.165) is 42.5 Å². The molecule has 1 aromatic rings. The second-order valence-electron chi connectivity index (χ2n) is 5.28. The molecule has 0 bridgehead atoms. The molecule has 5 nitrogen and oxygen atoms in total. The predicted octanol–water partition coefficient (Wildman–Crippen LogP) is 1.62. The normalized spacial score (nSPS) is 15.3. The minimum absolute atomic E-state index is 0.0363. The molecule has 1 aliphatic heterocycles. The molecule has 2 amide bonds. The fourth-order valence-corrected chi connectivity index (χ4v) is 2.46. The first-order valence-corrected chi connectivity index (χ1v) is 7.03. The summed E-state index contributed by atoms with van der Waals surface area (Å²) in [6.45, 7) is 0. The summed E-state index contributed by atoms with van der Waals surface area (Å²) < 4.78 is 0. The van der Waals surface area contributed by atoms with Crippen molar-refractivity contribution in [3.63, 3.8) is 0 Å². The van der Waals surface area contributed by atoms with Gasteiger partial charge in [0.05, 0.1) is 0 Å². The minimum Gasteiger partial charge on any atom is -0.370 e. The van der Waals surface area contributed by atoms with Crippen molar-refractivity contribution in [3.8, 4) is 0 Å². The zero-order chi connectivity index (χ0) is 14.5. The summed E-state index contributed by atoms with van der Waals surface area (Å²) in [6, 6.07) is 5.92. The molecule has 0 aliphatic carbocycles. The van der Waals surface area contributed by atoms with E-state index in [4.69, 9.17) is 11.5 Å². The molecular weight excluding hydrogens is 254 g/mol. The first-order chi connectivity index (χ1) is 9.56. The molecule has 1 aromatic carbocycles. The Kier molecular flexibility index (Phi) is 4.74. The highest BCUT2D eigenvalue weighted by molar-refractivity contribution is 5.93. The van der Waals surface area contributed by atoms with Crippen molar-refractivity contribution in [1.29, 1.82) is 0 Å². The molecule has 1 unspecified atom stereocenters. The van der Waals surface area contributed by atoms with Crippen LogP contribution in [0.15, 0.2) is 18.2 Å². The molecule has 1 aliphatic rings. The van der Waals surface area contributed by atoms with Crippen LogP contribution in [-0.2, 0) is 16.0 Å². The van der Waals surface area contributed by atoms with Crippen molar-refractivity contribution in [1.82, 2.24) is 0 Å². The van der Waals surface area contributed by atoms with E-state index < -0.39 is 0 Å². The van der Waals surface area contributed by atoms with Crippen LogP contribution < -0.4 is 16.8 Å². The lowest BCUT2D eigenvalue weighted by molar-refractivity contribution is -0.118. The van der Waals surface area contributed by atoms with E-state index in [-0.39, 0.29) is 17.9 Å². The van der Waals surface area contributed by atoms with Crippen LogP contribution in [0.2, 0.25) is 0 Å². The van der Waals surface area contributed by atoms with Crippen molar-refractivity contribution in [3.05, 3.63) is 29.3 Å². The van der Waals surface area contributed by atoms with Crippen molar-refractivity contribution >= 4 is 17.5 Å². The number of carbonyl (C=O) groups is 2. The zero-order valence-electron chi connectivity index (χ0n) is 11.5. The number of unbranched alkanes of at least 4 members (excludes halogenated alkanes) is 1. The SMILES string of the molecule is NC(=O)CCCCC(N)c1ccc2c(c1)CCC(=O)N2. The van der Waals surface area contributed by atoms with Gasteiger partial charge < -0.3 is 16.8 Å². The van der Waals surface area contributed by atoms with E-state index in [0.29, 0.717) is 12.8 Å². The lowest BCUT2D eigenvalue weighted by Gasteiger charge is -2.19. The predicted molar refractivity (Wildman–Crippen MR) is 78.0 cm³/mol. The van der Waals surface area contributed by atoms with Crippen molar-refractivity contribution in [2.45, 2.75) is 44.6 Å². The summed E-state index contributed by atoms with van der Waals surface area (Å²) in [7, 11) is 0. The molecule has 0 radical (unpaired) electrons. The fraction of sp³-hybridized carbons (Fsp3) is 0.467. The number of nitrogens with one attached hydrogen (secondary N) is 1. The number of hydrogen-bond acceptors (Lipinski definition) is 3. The second kappa shape index (κ2) is 6.52. The molecule has 0 saturated carbocycles. The van der Waals surface area contributed by atoms with E-state index in [1.165, 1.54) is 0 Å². The third-order valence-electron chi connectivity index (χ3n) is 3.64. The minimum atomic E-state index is -0.261. The van der Waals surface area contributed by atoms with E-state index in [2.05, 4.69) is 11.4 Å². The van der Waals surface area contributed by atoms with Gasteiger partial charge in [0.25, 0.3) is 0 Å². The molecule has 108 valence electrons. The number of amides is 2. The van der Waals surface area contributed by atoms with Gasteiger partial charge in [-0.25, -0.2) is 0 Å². The van der Waals surface area contributed by atoms with E-state index >= 15 is 0 Å². The lowest BCUT2D eigenvalue weighted by Crippen LogP contribution is -2.20. The van der Waals surface area contributed by atoms with Gasteiger partial charge >= 0.3 is 0 Å². The van der Waals surface area contributed by atoms with Gasteiger partial charge in [0.1, 0.15) is 0 Å². The number of benzene rings is 1. The van der Waals surface area contributed by atoms with Crippen LogP contribution >= 0.6 is 0 Å². The first-order valence-electron chi connectivity index (χ1n) is 7.03. The van der Waals surface area contributed by atoms with E-state index in [9.17, 15) is 9.59 Å². The Labute approximate surface area is 118 Å². The van der Waals surface area contributed by atoms with Crippen LogP contribution in [0.5, 0.6) is 0 Å². The molecule has 1 atom stereocenters. The molecule has 20 heavy (non-hydrogen) atoms. The Morgan fingerprint density at radius 2 is 2.10 bits per heavy atom. The van der Waals surface area contributed by atoms with Crippen molar-refractivity contribution in [2.24, 2.45) is 11.5 Å². The average Bonchev–Trinajstić information content (AvgIpc) is 2.42. The van der Waals surface area contributed by atoms with Crippen LogP contribution in [-0.4, -0.2) is 11.8 Å². The summed E-state index contributed by atoms with van der Waals surface area (Å²) in [6.07, 6.45) is 4.22. The number of rotatable bonds is 6. The molecule has 0 saturated heterocycles. The molecule has 5 N–H and O–H groups in total. The highest BCUT2D eigenvalue weighted by atomic mass is 16.1. The second-order valence-corrected chi connectivity index (χ2v) is 5.28. The van der Waals surface area contributed by atoms with E-state index in [1.54, 1.807) is 0 Å². The zero-order valence-corrected chi connectivity index (χ0v) is 11.5. The topological polar surface area (TPSA) is 98.2 Å². The average molecular weight is 275 g/mol. The van der Waals surface area contributed by atoms with Crippen LogP contribution in [0.4, 0.5) is 5.69 Å². The number of nitrogens with two attached hydrogens (primary N) is 2. The summed E-state index contributed by atoms with van der Waals surface area (Å²) in [5.41, 5.74) is 14.4. The number of hydrogen-bond donors (Lipinski definition) is 3. The maximum absolute atomic E-state index is 11.3. The van der Waals surface area contributed by atoms with Gasteiger partial charge in [0.2, 0.25) is 11.8 Å². The Balaban J connectivity index is 1.92. The Morgan fingerprint density at radius 3 is 2.85 bits per heavy atom. The molecule has 2 rings (SSSR count). The molecule has 0 fully saturated rings. The number of primary amides is 1. The largest absolute Gasteiger partial charge is 0.370 e. The van der Waals surface area contributed by atoms with Crippen LogP contribution in [0.1, 0.15) is 49.3 Å². The standard InChI is InChI=1S/C15H21N3O2/c16-12(3-1-2-4-14(17)19)10-5-7-13-11(9-10)6-8-15(20)18-13/h5,7,9,12H,1-4,6,8,16H2,(H2,17,19)(H,18,20). The number of carbonyl (C=O) groups excluding carboxylic acids is 2. The van der Waals surface area contributed by atoms with Crippen molar-refractivity contribution in [2.75, 3.05) is 5.32 Å². The third-order valence-corrected chi connectivity index (χ3v) is 3.64. The van der Waals surface area contributed by atoms with Gasteiger partial charge in [-0.3, -0.25) is 9.59 Å². The summed E-state index contributed by atoms with van der Waals surface area (Å²) >= 11 is 0. The Bertz CT molecular complexity index is 514. The highest BCUT2D eigenvalue weighted by Gasteiger charge is 2.16. The fourth-order valence-electron chi connectivity index (χ4n) is 2.46. The summed E-state index contributed by atoms with van der Waals surface area (Å²) in [5, 5.41) is 2.86. The number of fused-ring (bicyclic) bond motifs is 1. The molecule has 0 aromatic heterocycles. The van der Waals surface area contributed by atoms with E-state index in [1.807, 2.05) is 12.1 Å². The highest BCUT2D eigenvalue weighted by Crippen LogP contribution is 2.27. The van der Waals surface area contributed by atoms with Gasteiger partial charge in [-0.2, -0.15) is 0 Å². The molecule has 0 spiro atoms. The van der Waals surface area contributed by atoms with Crippen LogP contribution in [0.3, 0.4) is 0 Å². The van der Waals surface area contributed by atoms with Gasteiger partial charge in [0.15, 0.2) is 0 Å². The first kappa shape index (κ1) is 14.5. The van der Waals surface area contributed by atoms with Crippen molar-refractivity contribution < 1.29 is 9.59 Å². The molecule has 1 heterocycles. The maximum Gasteiger partial charge on any atom is 0.224 e. The van der Waals surface area contributed by atoms with Gasteiger partial charge in [0, 0.05) is 24.6 Å². The smallest absolute Gasteiger partial charge is 0.224 e. The van der Waals surface area contributed by atoms with Crippen LogP contribution in [0, 0.1) is 0 Å². The lowest BCUT2D eigenvalue weighted by atomic mass is 9.95. The quantitative estimate of drug-likeness (QED) is 0.688. The molecule has 5 heteroatoms. The summed E-state index contributed by atoms with van der Waals surface area (Å²) in [4.78, 5) is 22.0. The molecular formula is C15H21N3O2. The number of anilines is 1. The monoisotopic (exact) mass is 275 g/mol. The Morgan fingerprint density at radius 1 is 1.30 bits per heavy atom. The Hall–Kier alpha value is -1.88.